The van der Waals surface area contributed by atoms with Crippen LogP contribution in [0.4, 0.5) is 13.2 Å². The van der Waals surface area contributed by atoms with E-state index >= 15 is 0 Å². The van der Waals surface area contributed by atoms with E-state index in [-0.39, 0.29) is 28.6 Å². The molecule has 0 bridgehead atoms. The van der Waals surface area contributed by atoms with Crippen LogP contribution in [0.3, 0.4) is 0 Å². The molecule has 1 fully saturated rings. The van der Waals surface area contributed by atoms with Gasteiger partial charge in [-0.1, -0.05) is 31.0 Å². The summed E-state index contributed by atoms with van der Waals surface area (Å²) < 4.78 is 41.2. The van der Waals surface area contributed by atoms with Crippen molar-refractivity contribution in [2.24, 2.45) is 16.9 Å². The fourth-order valence-corrected chi connectivity index (χ4v) is 3.60. The van der Waals surface area contributed by atoms with Crippen LogP contribution < -0.4 is 0 Å². The smallest absolute Gasteiger partial charge is 0.362 e. The summed E-state index contributed by atoms with van der Waals surface area (Å²) in [5.41, 5.74) is -2.19. The predicted molar refractivity (Wildman–Crippen MR) is 82.3 cm³/mol. The molecule has 3 rings (SSSR count). The summed E-state index contributed by atoms with van der Waals surface area (Å²) >= 11 is 0. The van der Waals surface area contributed by atoms with Crippen molar-refractivity contribution in [3.63, 3.8) is 0 Å². The molecule has 0 saturated heterocycles. The van der Waals surface area contributed by atoms with Crippen molar-refractivity contribution in [2.45, 2.75) is 45.0 Å². The van der Waals surface area contributed by atoms with Gasteiger partial charge in [-0.3, -0.25) is 4.79 Å². The van der Waals surface area contributed by atoms with Crippen molar-refractivity contribution < 1.29 is 23.1 Å². The number of hydrogen-bond donors (Lipinski definition) is 1. The molecule has 2 aliphatic rings. The van der Waals surface area contributed by atoms with E-state index in [1.807, 2.05) is 0 Å². The lowest BCUT2D eigenvalue weighted by Gasteiger charge is -2.39. The van der Waals surface area contributed by atoms with Gasteiger partial charge in [-0.15, -0.1) is 0 Å². The number of aliphatic hydroxyl groups is 1. The van der Waals surface area contributed by atoms with Gasteiger partial charge in [-0.25, -0.2) is 0 Å². The molecule has 0 aromatic heterocycles. The van der Waals surface area contributed by atoms with Crippen molar-refractivity contribution in [3.8, 4) is 0 Å². The Morgan fingerprint density at radius 2 is 2.08 bits per heavy atom. The number of carbonyl (C=O) groups excluding carboxylic acids is 1. The summed E-state index contributed by atoms with van der Waals surface area (Å²) in [7, 11) is 0. The Hall–Kier alpha value is -1.89. The highest BCUT2D eigenvalue weighted by Gasteiger charge is 2.69. The van der Waals surface area contributed by atoms with Crippen LogP contribution in [0.15, 0.2) is 29.4 Å². The largest absolute Gasteiger partial charge is 0.439 e. The first-order chi connectivity index (χ1) is 11.2. The van der Waals surface area contributed by atoms with E-state index in [9.17, 15) is 23.1 Å². The first-order valence-electron chi connectivity index (χ1n) is 7.95. The third kappa shape index (κ3) is 2.42. The lowest BCUT2D eigenvalue weighted by atomic mass is 9.75. The molecule has 3 atom stereocenters. The van der Waals surface area contributed by atoms with Crippen LogP contribution in [0.1, 0.15) is 42.1 Å². The molecule has 1 saturated carbocycles. The summed E-state index contributed by atoms with van der Waals surface area (Å²) in [6.45, 7) is 3.52. The van der Waals surface area contributed by atoms with Crippen molar-refractivity contribution in [1.82, 2.24) is 5.01 Å². The number of rotatable bonds is 1. The van der Waals surface area contributed by atoms with Crippen LogP contribution in [-0.2, 0) is 0 Å². The minimum Gasteiger partial charge on any atom is -0.362 e. The Morgan fingerprint density at radius 3 is 2.71 bits per heavy atom. The molecule has 7 heteroatoms. The molecule has 1 aliphatic heterocycles. The van der Waals surface area contributed by atoms with Crippen molar-refractivity contribution in [2.75, 3.05) is 0 Å². The zero-order valence-corrected chi connectivity index (χ0v) is 13.5. The van der Waals surface area contributed by atoms with Gasteiger partial charge in [-0.05, 0) is 37.8 Å². The third-order valence-corrected chi connectivity index (χ3v) is 4.89. The maximum atomic E-state index is 13.7. The highest BCUT2D eigenvalue weighted by atomic mass is 19.4. The zero-order chi connectivity index (χ0) is 17.7. The Morgan fingerprint density at radius 1 is 1.38 bits per heavy atom. The minimum absolute atomic E-state index is 0.0772. The highest BCUT2D eigenvalue weighted by molar-refractivity contribution is 6.00. The first kappa shape index (κ1) is 17.0. The number of alkyl halides is 3. The number of aryl methyl sites for hydroxylation is 1. The van der Waals surface area contributed by atoms with E-state index < -0.39 is 23.7 Å². The van der Waals surface area contributed by atoms with Crippen molar-refractivity contribution in [3.05, 3.63) is 35.4 Å². The van der Waals surface area contributed by atoms with E-state index in [0.717, 1.165) is 5.56 Å². The lowest BCUT2D eigenvalue weighted by molar-refractivity contribution is -0.312. The Kier molecular flexibility index (Phi) is 3.94. The molecule has 1 aliphatic carbocycles. The lowest BCUT2D eigenvalue weighted by Crippen LogP contribution is -2.61. The van der Waals surface area contributed by atoms with E-state index in [2.05, 4.69) is 5.10 Å². The molecule has 1 heterocycles. The van der Waals surface area contributed by atoms with E-state index in [1.54, 1.807) is 26.0 Å². The van der Waals surface area contributed by atoms with Crippen LogP contribution in [0.25, 0.3) is 0 Å². The maximum Gasteiger partial charge on any atom is 0.439 e. The molecule has 0 unspecified atom stereocenters. The summed E-state index contributed by atoms with van der Waals surface area (Å²) in [6, 6.07) is 6.25. The number of fused-ring (bicyclic) bond motifs is 1. The second kappa shape index (κ2) is 5.58. The molecule has 1 aromatic rings. The fraction of sp³-hybridized carbons (Fsp3) is 0.529. The summed E-state index contributed by atoms with van der Waals surface area (Å²) in [4.78, 5) is 12.7. The molecular formula is C17H19F3N2O2. The number of hydrazone groups is 1. The molecule has 0 radical (unpaired) electrons. The number of benzene rings is 1. The normalized spacial score (nSPS) is 30.1. The second-order valence-corrected chi connectivity index (χ2v) is 6.62. The van der Waals surface area contributed by atoms with Gasteiger partial charge in [0.15, 0.2) is 0 Å². The standard InChI is InChI=1S/C17H19F3N2O2/c1-10-5-3-7-12(9-10)15(23)22-16(24,17(18,19)20)13-8-4-6-11(2)14(13)21-22/h3,5,7,9,11,13,24H,4,6,8H2,1-2H3/t11-,13-,16-/m1/s1. The number of carbonyl (C=O) groups is 1. The van der Waals surface area contributed by atoms with Gasteiger partial charge >= 0.3 is 6.18 Å². The topological polar surface area (TPSA) is 52.9 Å². The van der Waals surface area contributed by atoms with Crippen molar-refractivity contribution >= 4 is 11.6 Å². The molecule has 1 amide bonds. The Bertz CT molecular complexity index is 701. The van der Waals surface area contributed by atoms with E-state index in [4.69, 9.17) is 0 Å². The number of halogens is 3. The molecular weight excluding hydrogens is 321 g/mol. The van der Waals surface area contributed by atoms with Crippen LogP contribution >= 0.6 is 0 Å². The van der Waals surface area contributed by atoms with Crippen LogP contribution in [0, 0.1) is 18.8 Å². The highest BCUT2D eigenvalue weighted by Crippen LogP contribution is 2.49. The fourth-order valence-electron chi connectivity index (χ4n) is 3.60. The third-order valence-electron chi connectivity index (χ3n) is 4.89. The predicted octanol–water partition coefficient (Wildman–Crippen LogP) is 3.49. The van der Waals surface area contributed by atoms with Crippen molar-refractivity contribution in [1.29, 1.82) is 0 Å². The molecule has 1 aromatic carbocycles. The van der Waals surface area contributed by atoms with Gasteiger partial charge in [0.05, 0.1) is 5.92 Å². The van der Waals surface area contributed by atoms with Crippen LogP contribution in [-0.4, -0.2) is 33.6 Å². The average molecular weight is 340 g/mol. The molecule has 24 heavy (non-hydrogen) atoms. The summed E-state index contributed by atoms with van der Waals surface area (Å²) in [5.74, 6) is -2.32. The van der Waals surface area contributed by atoms with Crippen LogP contribution in [0.2, 0.25) is 0 Å². The average Bonchev–Trinajstić information content (AvgIpc) is 2.82. The number of amides is 1. The summed E-state index contributed by atoms with van der Waals surface area (Å²) in [6.07, 6.45) is -3.55. The monoisotopic (exact) mass is 340 g/mol. The van der Waals surface area contributed by atoms with Gasteiger partial charge in [0.2, 0.25) is 0 Å². The van der Waals surface area contributed by atoms with Gasteiger partial charge in [0.1, 0.15) is 0 Å². The van der Waals surface area contributed by atoms with Gasteiger partial charge in [0.25, 0.3) is 11.6 Å². The van der Waals surface area contributed by atoms with E-state index in [1.165, 1.54) is 12.1 Å². The minimum atomic E-state index is -4.99. The molecule has 1 N–H and O–H groups in total. The quantitative estimate of drug-likeness (QED) is 0.851. The molecule has 0 spiro atoms. The van der Waals surface area contributed by atoms with Gasteiger partial charge in [-0.2, -0.15) is 23.3 Å². The Labute approximate surface area is 138 Å². The van der Waals surface area contributed by atoms with Gasteiger partial charge < -0.3 is 5.11 Å². The number of hydrogen-bond acceptors (Lipinski definition) is 3. The maximum absolute atomic E-state index is 13.7. The number of nitrogens with zero attached hydrogens (tertiary/aromatic N) is 2. The van der Waals surface area contributed by atoms with Gasteiger partial charge in [0, 0.05) is 11.3 Å². The first-order valence-corrected chi connectivity index (χ1v) is 7.95. The summed E-state index contributed by atoms with van der Waals surface area (Å²) in [5, 5.41) is 14.8. The van der Waals surface area contributed by atoms with Crippen LogP contribution in [0.5, 0.6) is 0 Å². The van der Waals surface area contributed by atoms with E-state index in [0.29, 0.717) is 12.8 Å². The SMILES string of the molecule is Cc1cccc(C(=O)N2N=C3[C@H](C)CCC[C@H]3[C@@]2(O)C(F)(F)F)c1. The molecule has 130 valence electrons. The zero-order valence-electron chi connectivity index (χ0n) is 13.5. The Balaban J connectivity index is 2.08. The second-order valence-electron chi connectivity index (χ2n) is 6.62. The molecule has 4 nitrogen and oxygen atoms in total.